The first-order valence-corrected chi connectivity index (χ1v) is 6.24. The van der Waals surface area contributed by atoms with Gasteiger partial charge in [-0.2, -0.15) is 5.10 Å². The number of nitrogens with one attached hydrogen (secondary N) is 2. The fourth-order valence-corrected chi connectivity index (χ4v) is 1.78. The molecule has 0 atom stereocenters. The van der Waals surface area contributed by atoms with Crippen LogP contribution in [0.2, 0.25) is 0 Å². The van der Waals surface area contributed by atoms with E-state index in [0.717, 1.165) is 30.6 Å². The molecule has 17 heavy (non-hydrogen) atoms. The monoisotopic (exact) mass is 236 g/mol. The van der Waals surface area contributed by atoms with E-state index in [4.69, 9.17) is 0 Å². The second kappa shape index (κ2) is 5.21. The standard InChI is InChI=1S/C12H20N4O/c1-3-10-11(8-16(2)15-10)13-7-6-12(17)14-9-4-5-9/h8-9,13H,3-7H2,1-2H3,(H,14,17). The van der Waals surface area contributed by atoms with E-state index in [1.165, 1.54) is 0 Å². The van der Waals surface area contributed by atoms with Crippen LogP contribution < -0.4 is 10.6 Å². The molecule has 94 valence electrons. The molecule has 5 nitrogen and oxygen atoms in total. The van der Waals surface area contributed by atoms with Gasteiger partial charge in [0.05, 0.1) is 11.4 Å². The van der Waals surface area contributed by atoms with Crippen molar-refractivity contribution in [3.63, 3.8) is 0 Å². The van der Waals surface area contributed by atoms with E-state index in [2.05, 4.69) is 22.7 Å². The van der Waals surface area contributed by atoms with Crippen molar-refractivity contribution in [1.29, 1.82) is 0 Å². The van der Waals surface area contributed by atoms with Gasteiger partial charge in [0.2, 0.25) is 5.91 Å². The van der Waals surface area contributed by atoms with Crippen LogP contribution in [0.5, 0.6) is 0 Å². The quantitative estimate of drug-likeness (QED) is 0.776. The van der Waals surface area contributed by atoms with Crippen molar-refractivity contribution in [3.8, 4) is 0 Å². The summed E-state index contributed by atoms with van der Waals surface area (Å²) in [6, 6.07) is 0.451. The maximum absolute atomic E-state index is 11.5. The number of hydrogen-bond acceptors (Lipinski definition) is 3. The topological polar surface area (TPSA) is 59.0 Å². The molecular formula is C12H20N4O. The first-order chi connectivity index (χ1) is 8.19. The Hall–Kier alpha value is -1.52. The molecule has 0 radical (unpaired) electrons. The molecule has 1 fully saturated rings. The summed E-state index contributed by atoms with van der Waals surface area (Å²) in [5, 5.41) is 10.6. The number of rotatable bonds is 6. The van der Waals surface area contributed by atoms with Crippen molar-refractivity contribution >= 4 is 11.6 Å². The minimum atomic E-state index is 0.141. The van der Waals surface area contributed by atoms with Crippen molar-refractivity contribution in [1.82, 2.24) is 15.1 Å². The van der Waals surface area contributed by atoms with Crippen molar-refractivity contribution < 1.29 is 4.79 Å². The third-order valence-electron chi connectivity index (χ3n) is 2.85. The van der Waals surface area contributed by atoms with Gasteiger partial charge in [-0.15, -0.1) is 0 Å². The number of amides is 1. The van der Waals surface area contributed by atoms with Gasteiger partial charge in [-0.3, -0.25) is 9.48 Å². The van der Waals surface area contributed by atoms with Crippen LogP contribution in [-0.2, 0) is 18.3 Å². The van der Waals surface area contributed by atoms with Gasteiger partial charge in [-0.05, 0) is 19.3 Å². The normalized spacial score (nSPS) is 14.7. The third-order valence-corrected chi connectivity index (χ3v) is 2.85. The molecule has 1 saturated carbocycles. The summed E-state index contributed by atoms with van der Waals surface area (Å²) in [5.41, 5.74) is 2.09. The number of aromatic nitrogens is 2. The summed E-state index contributed by atoms with van der Waals surface area (Å²) < 4.78 is 1.80. The summed E-state index contributed by atoms with van der Waals surface area (Å²) in [7, 11) is 1.91. The molecule has 5 heteroatoms. The number of carbonyl (C=O) groups is 1. The summed E-state index contributed by atoms with van der Waals surface area (Å²) in [4.78, 5) is 11.5. The van der Waals surface area contributed by atoms with Gasteiger partial charge >= 0.3 is 0 Å². The number of hydrogen-bond donors (Lipinski definition) is 2. The lowest BCUT2D eigenvalue weighted by atomic mass is 10.3. The molecule has 1 aromatic heterocycles. The number of nitrogens with zero attached hydrogens (tertiary/aromatic N) is 2. The molecule has 0 aliphatic heterocycles. The van der Waals surface area contributed by atoms with E-state index in [1.807, 2.05) is 13.2 Å². The van der Waals surface area contributed by atoms with Gasteiger partial charge in [-0.1, -0.05) is 6.92 Å². The molecule has 0 aromatic carbocycles. The lowest BCUT2D eigenvalue weighted by Crippen LogP contribution is -2.27. The van der Waals surface area contributed by atoms with E-state index in [0.29, 0.717) is 19.0 Å². The maximum atomic E-state index is 11.5. The molecular weight excluding hydrogens is 216 g/mol. The van der Waals surface area contributed by atoms with Gasteiger partial charge in [0.15, 0.2) is 0 Å². The van der Waals surface area contributed by atoms with Crippen LogP contribution in [0.25, 0.3) is 0 Å². The van der Waals surface area contributed by atoms with Crippen LogP contribution >= 0.6 is 0 Å². The van der Waals surface area contributed by atoms with Gasteiger partial charge < -0.3 is 10.6 Å². The molecule has 0 unspecified atom stereocenters. The molecule has 1 amide bonds. The summed E-state index contributed by atoms with van der Waals surface area (Å²) in [6.07, 6.45) is 5.66. The van der Waals surface area contributed by atoms with Crippen LogP contribution in [0.3, 0.4) is 0 Å². The van der Waals surface area contributed by atoms with Gasteiger partial charge in [0, 0.05) is 32.3 Å². The van der Waals surface area contributed by atoms with E-state index in [-0.39, 0.29) is 5.91 Å². The molecule has 1 heterocycles. The Morgan fingerprint density at radius 3 is 3.00 bits per heavy atom. The van der Waals surface area contributed by atoms with Gasteiger partial charge in [-0.25, -0.2) is 0 Å². The second-order valence-corrected chi connectivity index (χ2v) is 4.54. The van der Waals surface area contributed by atoms with Crippen molar-refractivity contribution in [3.05, 3.63) is 11.9 Å². The van der Waals surface area contributed by atoms with Crippen LogP contribution in [0.15, 0.2) is 6.20 Å². The highest BCUT2D eigenvalue weighted by atomic mass is 16.1. The van der Waals surface area contributed by atoms with Gasteiger partial charge in [0.25, 0.3) is 0 Å². The third kappa shape index (κ3) is 3.47. The van der Waals surface area contributed by atoms with Crippen LogP contribution in [0.1, 0.15) is 31.9 Å². The molecule has 2 rings (SSSR count). The molecule has 0 spiro atoms. The first kappa shape index (κ1) is 12.0. The fourth-order valence-electron chi connectivity index (χ4n) is 1.78. The van der Waals surface area contributed by atoms with Gasteiger partial charge in [0.1, 0.15) is 0 Å². The minimum Gasteiger partial charge on any atom is -0.382 e. The molecule has 1 aliphatic rings. The predicted octanol–water partition coefficient (Wildman–Crippen LogP) is 1.06. The molecule has 0 bridgehead atoms. The Bertz CT molecular complexity index is 395. The summed E-state index contributed by atoms with van der Waals surface area (Å²) in [5.74, 6) is 0.141. The Kier molecular flexibility index (Phi) is 3.66. The van der Waals surface area contributed by atoms with E-state index in [1.54, 1.807) is 4.68 Å². The molecule has 1 aliphatic carbocycles. The fraction of sp³-hybridized carbons (Fsp3) is 0.667. The zero-order valence-corrected chi connectivity index (χ0v) is 10.5. The summed E-state index contributed by atoms with van der Waals surface area (Å²) >= 11 is 0. The average Bonchev–Trinajstić information content (AvgIpc) is 3.01. The number of carbonyl (C=O) groups excluding carboxylic acids is 1. The van der Waals surface area contributed by atoms with Crippen molar-refractivity contribution in [2.24, 2.45) is 7.05 Å². The van der Waals surface area contributed by atoms with Crippen LogP contribution in [-0.4, -0.2) is 28.3 Å². The minimum absolute atomic E-state index is 0.141. The van der Waals surface area contributed by atoms with E-state index >= 15 is 0 Å². The predicted molar refractivity (Wildman–Crippen MR) is 66.9 cm³/mol. The highest BCUT2D eigenvalue weighted by Gasteiger charge is 2.22. The van der Waals surface area contributed by atoms with E-state index in [9.17, 15) is 4.79 Å². The second-order valence-electron chi connectivity index (χ2n) is 4.54. The Morgan fingerprint density at radius 1 is 1.59 bits per heavy atom. The number of aryl methyl sites for hydroxylation is 2. The van der Waals surface area contributed by atoms with E-state index < -0.39 is 0 Å². The summed E-state index contributed by atoms with van der Waals surface area (Å²) in [6.45, 7) is 2.74. The Balaban J connectivity index is 1.74. The van der Waals surface area contributed by atoms with Crippen LogP contribution in [0.4, 0.5) is 5.69 Å². The zero-order valence-electron chi connectivity index (χ0n) is 10.5. The largest absolute Gasteiger partial charge is 0.382 e. The van der Waals surface area contributed by atoms with Crippen LogP contribution in [0, 0.1) is 0 Å². The molecule has 0 saturated heterocycles. The Morgan fingerprint density at radius 2 is 2.35 bits per heavy atom. The SMILES string of the molecule is CCc1nn(C)cc1NCCC(=O)NC1CC1. The lowest BCUT2D eigenvalue weighted by molar-refractivity contribution is -0.120. The van der Waals surface area contributed by atoms with Crippen molar-refractivity contribution in [2.75, 3.05) is 11.9 Å². The molecule has 1 aromatic rings. The maximum Gasteiger partial charge on any atom is 0.221 e. The highest BCUT2D eigenvalue weighted by Crippen LogP contribution is 2.18. The smallest absolute Gasteiger partial charge is 0.221 e. The first-order valence-electron chi connectivity index (χ1n) is 6.24. The lowest BCUT2D eigenvalue weighted by Gasteiger charge is -2.05. The average molecular weight is 236 g/mol. The number of anilines is 1. The van der Waals surface area contributed by atoms with Crippen molar-refractivity contribution in [2.45, 2.75) is 38.6 Å². The molecule has 2 N–H and O–H groups in total. The highest BCUT2D eigenvalue weighted by molar-refractivity contribution is 5.77. The Labute approximate surface area is 102 Å². The zero-order chi connectivity index (χ0) is 12.3.